The van der Waals surface area contributed by atoms with E-state index in [2.05, 4.69) is 19.1 Å². The summed E-state index contributed by atoms with van der Waals surface area (Å²) in [5.74, 6) is 0. The number of hydrogen-bond donors (Lipinski definition) is 1. The summed E-state index contributed by atoms with van der Waals surface area (Å²) < 4.78 is 11.8. The second-order valence-electron chi connectivity index (χ2n) is 9.26. The summed E-state index contributed by atoms with van der Waals surface area (Å²) in [7, 11) is 0. The van der Waals surface area contributed by atoms with Crippen LogP contribution >= 0.6 is 0 Å². The monoisotopic (exact) mass is 478 g/mol. The van der Waals surface area contributed by atoms with E-state index in [1.54, 1.807) is 0 Å². The smallest absolute Gasteiger partial charge is 0.107 e. The highest BCUT2D eigenvalue weighted by Crippen LogP contribution is 2.12. The van der Waals surface area contributed by atoms with Crippen LogP contribution in [0, 0.1) is 0 Å². The Morgan fingerprint density at radius 2 is 1.29 bits per heavy atom. The third kappa shape index (κ3) is 14.7. The summed E-state index contributed by atoms with van der Waals surface area (Å²) in [6.07, 6.45) is 20.3. The molecular weight excluding hydrogens is 432 g/mol. The van der Waals surface area contributed by atoms with Crippen molar-refractivity contribution in [2.24, 2.45) is 0 Å². The number of unbranched alkanes of at least 4 members (excludes halogenated alkanes) is 9. The molecule has 0 spiro atoms. The molecule has 0 aliphatic rings. The lowest BCUT2D eigenvalue weighted by Gasteiger charge is -2.20. The third-order valence-electron chi connectivity index (χ3n) is 6.09. The first-order chi connectivity index (χ1) is 17.3. The second kappa shape index (κ2) is 20.0. The first kappa shape index (κ1) is 29.0. The molecule has 192 valence electrons. The topological polar surface area (TPSA) is 38.7 Å². The van der Waals surface area contributed by atoms with E-state index in [4.69, 9.17) is 9.47 Å². The molecule has 0 aromatic heterocycles. The van der Waals surface area contributed by atoms with Gasteiger partial charge in [-0.15, -0.1) is 0 Å². The lowest BCUT2D eigenvalue weighted by molar-refractivity contribution is -0.0601. The molecule has 2 aromatic carbocycles. The van der Waals surface area contributed by atoms with Gasteiger partial charge in [0.2, 0.25) is 0 Å². The van der Waals surface area contributed by atoms with E-state index in [0.717, 1.165) is 17.5 Å². The highest BCUT2D eigenvalue weighted by molar-refractivity contribution is 5.14. The van der Waals surface area contributed by atoms with E-state index in [1.807, 2.05) is 72.8 Å². The Morgan fingerprint density at radius 3 is 1.91 bits per heavy atom. The van der Waals surface area contributed by atoms with Crippen molar-refractivity contribution in [1.82, 2.24) is 0 Å². The van der Waals surface area contributed by atoms with E-state index >= 15 is 0 Å². The van der Waals surface area contributed by atoms with Gasteiger partial charge in [-0.05, 0) is 24.0 Å². The third-order valence-corrected chi connectivity index (χ3v) is 6.09. The number of hydrogen-bond acceptors (Lipinski definition) is 3. The average Bonchev–Trinajstić information content (AvgIpc) is 2.89. The number of aliphatic hydroxyl groups is 1. The number of ether oxygens (including phenoxy) is 2. The molecule has 2 atom stereocenters. The first-order valence-corrected chi connectivity index (χ1v) is 13.6. The number of rotatable bonds is 20. The molecule has 0 aliphatic heterocycles. The zero-order valence-electron chi connectivity index (χ0n) is 21.7. The fourth-order valence-corrected chi connectivity index (χ4v) is 3.95. The van der Waals surface area contributed by atoms with Crippen molar-refractivity contribution in [2.75, 3.05) is 6.61 Å². The number of allylic oxidation sites excluding steroid dienone is 3. The Morgan fingerprint density at radius 1 is 0.714 bits per heavy atom. The van der Waals surface area contributed by atoms with Crippen molar-refractivity contribution >= 4 is 0 Å². The van der Waals surface area contributed by atoms with Gasteiger partial charge in [0.25, 0.3) is 0 Å². The molecule has 3 heteroatoms. The van der Waals surface area contributed by atoms with Gasteiger partial charge in [-0.2, -0.15) is 0 Å². The van der Waals surface area contributed by atoms with Gasteiger partial charge in [0.15, 0.2) is 0 Å². The van der Waals surface area contributed by atoms with Crippen LogP contribution in [-0.2, 0) is 22.7 Å². The molecule has 0 heterocycles. The fourth-order valence-electron chi connectivity index (χ4n) is 3.95. The minimum atomic E-state index is -0.732. The molecule has 1 N–H and O–H groups in total. The summed E-state index contributed by atoms with van der Waals surface area (Å²) >= 11 is 0. The average molecular weight is 479 g/mol. The van der Waals surface area contributed by atoms with Crippen molar-refractivity contribution in [1.29, 1.82) is 0 Å². The summed E-state index contributed by atoms with van der Waals surface area (Å²) in [5.41, 5.74) is 2.18. The fraction of sp³-hybridized carbons (Fsp3) is 0.500. The number of aliphatic hydroxyl groups excluding tert-OH is 1. The van der Waals surface area contributed by atoms with Crippen LogP contribution in [0.5, 0.6) is 0 Å². The van der Waals surface area contributed by atoms with Gasteiger partial charge in [-0.3, -0.25) is 0 Å². The molecule has 2 aromatic rings. The Labute approximate surface area is 213 Å². The van der Waals surface area contributed by atoms with Gasteiger partial charge in [-0.1, -0.05) is 143 Å². The second-order valence-corrected chi connectivity index (χ2v) is 9.26. The van der Waals surface area contributed by atoms with E-state index in [1.165, 1.54) is 57.8 Å². The Hall–Kier alpha value is -2.20. The van der Waals surface area contributed by atoms with Crippen LogP contribution in [0.2, 0.25) is 0 Å². The molecule has 0 unspecified atom stereocenters. The largest absolute Gasteiger partial charge is 0.388 e. The molecule has 3 nitrogen and oxygen atoms in total. The zero-order valence-corrected chi connectivity index (χ0v) is 21.7. The Kier molecular flexibility index (Phi) is 16.6. The van der Waals surface area contributed by atoms with Gasteiger partial charge >= 0.3 is 0 Å². The first-order valence-electron chi connectivity index (χ1n) is 13.6. The van der Waals surface area contributed by atoms with E-state index < -0.39 is 12.2 Å². The van der Waals surface area contributed by atoms with Crippen LogP contribution in [-0.4, -0.2) is 23.9 Å². The molecule has 0 radical (unpaired) electrons. The maximum absolute atomic E-state index is 10.7. The van der Waals surface area contributed by atoms with Crippen LogP contribution in [0.3, 0.4) is 0 Å². The molecule has 35 heavy (non-hydrogen) atoms. The summed E-state index contributed by atoms with van der Waals surface area (Å²) in [5, 5.41) is 10.7. The van der Waals surface area contributed by atoms with Gasteiger partial charge in [-0.25, -0.2) is 0 Å². The standard InChI is InChI=1S/C32H46O3/c1-2-3-4-5-6-7-8-9-10-11-12-13-20-25-32(35-27-30-23-18-15-19-24-30)31(33)28-34-26-29-21-16-14-17-22-29/h12-25,31-33H,2-11,26-28H2,1H3/b13-12+,25-20+/t31-,32-/m1/s1. The van der Waals surface area contributed by atoms with E-state index in [-0.39, 0.29) is 6.61 Å². The van der Waals surface area contributed by atoms with Crippen LogP contribution < -0.4 is 0 Å². The van der Waals surface area contributed by atoms with Crippen molar-refractivity contribution in [3.05, 3.63) is 96.1 Å². The van der Waals surface area contributed by atoms with Crippen LogP contribution in [0.1, 0.15) is 82.3 Å². The summed E-state index contributed by atoms with van der Waals surface area (Å²) in [6, 6.07) is 20.1. The van der Waals surface area contributed by atoms with Crippen molar-refractivity contribution in [3.8, 4) is 0 Å². The summed E-state index contributed by atoms with van der Waals surface area (Å²) in [4.78, 5) is 0. The normalized spacial score (nSPS) is 13.5. The molecule has 0 amide bonds. The van der Waals surface area contributed by atoms with E-state index in [0.29, 0.717) is 13.2 Å². The van der Waals surface area contributed by atoms with Gasteiger partial charge < -0.3 is 14.6 Å². The minimum absolute atomic E-state index is 0.223. The predicted molar refractivity (Wildman–Crippen MR) is 147 cm³/mol. The highest BCUT2D eigenvalue weighted by Gasteiger charge is 2.17. The quantitative estimate of drug-likeness (QED) is 0.154. The van der Waals surface area contributed by atoms with Crippen LogP contribution in [0.15, 0.2) is 85.0 Å². The van der Waals surface area contributed by atoms with Crippen molar-refractivity contribution in [3.63, 3.8) is 0 Å². The number of benzene rings is 2. The van der Waals surface area contributed by atoms with Gasteiger partial charge in [0.1, 0.15) is 12.2 Å². The van der Waals surface area contributed by atoms with Crippen molar-refractivity contribution in [2.45, 2.75) is 96.6 Å². The molecule has 0 bridgehead atoms. The van der Waals surface area contributed by atoms with Crippen LogP contribution in [0.4, 0.5) is 0 Å². The SMILES string of the molecule is CCCCCCCCCCC/C=C/C=C/[C@@H](OCc1ccccc1)[C@H](O)COCc1ccccc1. The lowest BCUT2D eigenvalue weighted by Crippen LogP contribution is -2.31. The van der Waals surface area contributed by atoms with Crippen LogP contribution in [0.25, 0.3) is 0 Å². The van der Waals surface area contributed by atoms with Gasteiger partial charge in [0, 0.05) is 0 Å². The molecule has 0 saturated heterocycles. The molecule has 0 fully saturated rings. The Balaban J connectivity index is 1.70. The van der Waals surface area contributed by atoms with Gasteiger partial charge in [0.05, 0.1) is 19.8 Å². The van der Waals surface area contributed by atoms with Crippen molar-refractivity contribution < 1.29 is 14.6 Å². The lowest BCUT2D eigenvalue weighted by atomic mass is 10.1. The molecule has 0 saturated carbocycles. The maximum atomic E-state index is 10.7. The summed E-state index contributed by atoms with van der Waals surface area (Å²) in [6.45, 7) is 3.42. The highest BCUT2D eigenvalue weighted by atomic mass is 16.5. The molecule has 2 rings (SSSR count). The zero-order chi connectivity index (χ0) is 24.8. The Bertz CT molecular complexity index is 785. The predicted octanol–water partition coefficient (Wildman–Crippen LogP) is 8.18. The minimum Gasteiger partial charge on any atom is -0.388 e. The molecule has 0 aliphatic carbocycles. The van der Waals surface area contributed by atoms with E-state index in [9.17, 15) is 5.11 Å². The maximum Gasteiger partial charge on any atom is 0.107 e. The molecular formula is C32H46O3.